The maximum absolute atomic E-state index is 11.9. The van der Waals surface area contributed by atoms with Crippen LogP contribution in [0.25, 0.3) is 0 Å². The maximum atomic E-state index is 11.9. The van der Waals surface area contributed by atoms with Crippen molar-refractivity contribution in [1.82, 2.24) is 0 Å². The number of aliphatic hydroxyl groups is 1. The highest BCUT2D eigenvalue weighted by Crippen LogP contribution is 2.52. The zero-order valence-corrected chi connectivity index (χ0v) is 14.7. The highest BCUT2D eigenvalue weighted by Gasteiger charge is 2.43. The molecule has 0 spiro atoms. The van der Waals surface area contributed by atoms with Crippen LogP contribution in [-0.2, 0) is 10.0 Å². The van der Waals surface area contributed by atoms with E-state index in [1.807, 2.05) is 30.4 Å². The molecular weight excluding hydrogens is 322 g/mol. The van der Waals surface area contributed by atoms with Gasteiger partial charge in [0.2, 0.25) is 10.0 Å². The number of benzene rings is 1. The van der Waals surface area contributed by atoms with Gasteiger partial charge in [-0.05, 0) is 43.2 Å². The molecule has 0 bridgehead atoms. The summed E-state index contributed by atoms with van der Waals surface area (Å²) < 4.78 is 23.7. The van der Waals surface area contributed by atoms with E-state index in [0.717, 1.165) is 25.7 Å². The molecule has 5 heteroatoms. The number of rotatable bonds is 3. The predicted molar refractivity (Wildman–Crippen MR) is 95.6 cm³/mol. The summed E-state index contributed by atoms with van der Waals surface area (Å²) in [4.78, 5) is 0.198. The Labute approximate surface area is 144 Å². The Balaban J connectivity index is 2.03. The molecule has 0 saturated heterocycles. The van der Waals surface area contributed by atoms with E-state index in [1.54, 1.807) is 6.08 Å². The van der Waals surface area contributed by atoms with Crippen molar-refractivity contribution in [2.24, 2.45) is 16.5 Å². The summed E-state index contributed by atoms with van der Waals surface area (Å²) in [5.74, 6) is 0.414. The fourth-order valence-corrected chi connectivity index (χ4v) is 4.91. The molecule has 0 aromatic heterocycles. The fourth-order valence-electron chi connectivity index (χ4n) is 4.22. The van der Waals surface area contributed by atoms with Gasteiger partial charge in [-0.1, -0.05) is 49.4 Å². The summed E-state index contributed by atoms with van der Waals surface area (Å²) in [6.45, 7) is 2.13. The second-order valence-corrected chi connectivity index (χ2v) is 8.77. The van der Waals surface area contributed by atoms with Crippen LogP contribution >= 0.6 is 0 Å². The highest BCUT2D eigenvalue weighted by molar-refractivity contribution is 7.93. The number of nitrogens with two attached hydrogens (primary N) is 1. The van der Waals surface area contributed by atoms with E-state index in [4.69, 9.17) is 5.14 Å². The molecule has 3 N–H and O–H groups in total. The minimum Gasteiger partial charge on any atom is -0.393 e. The Morgan fingerprint density at radius 2 is 1.75 bits per heavy atom. The molecule has 2 atom stereocenters. The van der Waals surface area contributed by atoms with E-state index in [1.165, 1.54) is 5.56 Å². The molecule has 0 amide bonds. The number of primary sulfonamides is 1. The third-order valence-electron chi connectivity index (χ3n) is 5.64. The van der Waals surface area contributed by atoms with E-state index in [-0.39, 0.29) is 22.3 Å². The van der Waals surface area contributed by atoms with Crippen LogP contribution in [0.2, 0.25) is 0 Å². The summed E-state index contributed by atoms with van der Waals surface area (Å²) >= 11 is 0. The molecule has 0 aliphatic heterocycles. The summed E-state index contributed by atoms with van der Waals surface area (Å²) in [5.41, 5.74) is 0.838. The van der Waals surface area contributed by atoms with Gasteiger partial charge in [0.15, 0.2) is 0 Å². The van der Waals surface area contributed by atoms with Gasteiger partial charge in [-0.3, -0.25) is 0 Å². The van der Waals surface area contributed by atoms with Crippen molar-refractivity contribution in [3.63, 3.8) is 0 Å². The average molecular weight is 347 g/mol. The Morgan fingerprint density at radius 3 is 2.33 bits per heavy atom. The molecule has 130 valence electrons. The molecule has 24 heavy (non-hydrogen) atoms. The van der Waals surface area contributed by atoms with Crippen LogP contribution in [0.1, 0.15) is 44.1 Å². The second kappa shape index (κ2) is 6.47. The van der Waals surface area contributed by atoms with Crippen LogP contribution < -0.4 is 5.14 Å². The fraction of sp³-hybridized carbons (Fsp3) is 0.474. The molecular formula is C19H25NO3S. The lowest BCUT2D eigenvalue weighted by Gasteiger charge is -2.45. The van der Waals surface area contributed by atoms with E-state index in [0.29, 0.717) is 5.92 Å². The van der Waals surface area contributed by atoms with Crippen molar-refractivity contribution in [2.45, 2.75) is 44.6 Å². The van der Waals surface area contributed by atoms with Gasteiger partial charge < -0.3 is 5.11 Å². The third kappa shape index (κ3) is 3.34. The van der Waals surface area contributed by atoms with Gasteiger partial charge in [0.1, 0.15) is 0 Å². The Kier molecular flexibility index (Phi) is 4.69. The summed E-state index contributed by atoms with van der Waals surface area (Å²) in [7, 11) is -3.73. The summed E-state index contributed by atoms with van der Waals surface area (Å²) in [5, 5.41) is 15.2. The summed E-state index contributed by atoms with van der Waals surface area (Å²) in [6.07, 6.45) is 8.54. The molecule has 0 radical (unpaired) electrons. The first-order valence-electron chi connectivity index (χ1n) is 8.47. The Morgan fingerprint density at radius 1 is 1.12 bits per heavy atom. The Hall–Kier alpha value is -1.43. The van der Waals surface area contributed by atoms with Crippen molar-refractivity contribution in [3.05, 3.63) is 59.0 Å². The van der Waals surface area contributed by atoms with Gasteiger partial charge in [0.25, 0.3) is 0 Å². The van der Waals surface area contributed by atoms with Crippen LogP contribution in [0, 0.1) is 11.3 Å². The molecule has 2 unspecified atom stereocenters. The van der Waals surface area contributed by atoms with Crippen molar-refractivity contribution < 1.29 is 13.5 Å². The van der Waals surface area contributed by atoms with Crippen molar-refractivity contribution in [3.8, 4) is 0 Å². The average Bonchev–Trinajstić information content (AvgIpc) is 2.55. The lowest BCUT2D eigenvalue weighted by Crippen LogP contribution is -2.37. The van der Waals surface area contributed by atoms with Gasteiger partial charge in [0, 0.05) is 11.3 Å². The number of hydrogen-bond donors (Lipinski definition) is 2. The lowest BCUT2D eigenvalue weighted by molar-refractivity contribution is 0.0704. The van der Waals surface area contributed by atoms with Gasteiger partial charge in [0.05, 0.1) is 11.0 Å². The molecule has 1 aromatic carbocycles. The van der Waals surface area contributed by atoms with Gasteiger partial charge in [-0.25, -0.2) is 13.6 Å². The zero-order chi connectivity index (χ0) is 17.4. The van der Waals surface area contributed by atoms with Crippen LogP contribution in [0.4, 0.5) is 0 Å². The molecule has 1 aromatic rings. The van der Waals surface area contributed by atoms with Crippen molar-refractivity contribution in [2.75, 3.05) is 0 Å². The number of allylic oxidation sites excluding steroid dienone is 3. The van der Waals surface area contributed by atoms with Gasteiger partial charge >= 0.3 is 0 Å². The normalized spacial score (nSPS) is 34.0. The smallest absolute Gasteiger partial charge is 0.237 e. The number of hydrogen-bond acceptors (Lipinski definition) is 3. The monoisotopic (exact) mass is 347 g/mol. The first kappa shape index (κ1) is 17.4. The first-order valence-corrected chi connectivity index (χ1v) is 10.0. The zero-order valence-electron chi connectivity index (χ0n) is 13.9. The first-order chi connectivity index (χ1) is 11.3. The molecule has 1 fully saturated rings. The molecule has 3 rings (SSSR count). The molecule has 2 aliphatic carbocycles. The van der Waals surface area contributed by atoms with Gasteiger partial charge in [-0.2, -0.15) is 0 Å². The van der Waals surface area contributed by atoms with E-state index < -0.39 is 10.0 Å². The Bertz CT molecular complexity index is 746. The second-order valence-electron chi connectivity index (χ2n) is 7.21. The molecule has 0 heterocycles. The quantitative estimate of drug-likeness (QED) is 0.882. The lowest BCUT2D eigenvalue weighted by atomic mass is 9.60. The van der Waals surface area contributed by atoms with Crippen LogP contribution in [0.3, 0.4) is 0 Å². The molecule has 1 saturated carbocycles. The molecule has 2 aliphatic rings. The highest BCUT2D eigenvalue weighted by atomic mass is 32.2. The van der Waals surface area contributed by atoms with Crippen molar-refractivity contribution in [1.29, 1.82) is 0 Å². The minimum absolute atomic E-state index is 0.101. The van der Waals surface area contributed by atoms with Gasteiger partial charge in [-0.15, -0.1) is 0 Å². The SMILES string of the molecule is CC1([C@H]2CC[C@H](O)CC2)C=C(S(N)(=O)=O)C=CC1c1ccccc1. The standard InChI is InChI=1S/C19H25NO3S/c1-19(15-7-9-16(21)10-8-15)13-17(24(20,22)23)11-12-18(19)14-5-3-2-4-6-14/h2-6,11-13,15-16,18,21H,7-10H2,1H3,(H2,20,22,23)/t15-,16-,18?,19?. The summed E-state index contributed by atoms with van der Waals surface area (Å²) in [6, 6.07) is 10.2. The minimum atomic E-state index is -3.73. The van der Waals surface area contributed by atoms with E-state index in [2.05, 4.69) is 19.1 Å². The maximum Gasteiger partial charge on any atom is 0.237 e. The number of aliphatic hydroxyl groups excluding tert-OH is 1. The van der Waals surface area contributed by atoms with E-state index in [9.17, 15) is 13.5 Å². The predicted octanol–water partition coefficient (Wildman–Crippen LogP) is 3.07. The molecule has 4 nitrogen and oxygen atoms in total. The van der Waals surface area contributed by atoms with Crippen LogP contribution in [0.15, 0.2) is 53.5 Å². The van der Waals surface area contributed by atoms with Crippen LogP contribution in [-0.4, -0.2) is 19.6 Å². The van der Waals surface area contributed by atoms with Crippen LogP contribution in [0.5, 0.6) is 0 Å². The van der Waals surface area contributed by atoms with Crippen molar-refractivity contribution >= 4 is 10.0 Å². The van der Waals surface area contributed by atoms with E-state index >= 15 is 0 Å². The topological polar surface area (TPSA) is 80.4 Å². The largest absolute Gasteiger partial charge is 0.393 e. The third-order valence-corrected chi connectivity index (χ3v) is 6.55. The number of sulfonamides is 1.